The van der Waals surface area contributed by atoms with E-state index >= 15 is 0 Å². The third kappa shape index (κ3) is 2.16. The highest BCUT2D eigenvalue weighted by Gasteiger charge is 2.16. The van der Waals surface area contributed by atoms with Crippen molar-refractivity contribution in [1.29, 1.82) is 0 Å². The van der Waals surface area contributed by atoms with Gasteiger partial charge in [-0.1, -0.05) is 38.5 Å². The second-order valence-electron chi connectivity index (χ2n) is 4.37. The molecule has 0 spiro atoms. The highest BCUT2D eigenvalue weighted by Crippen LogP contribution is 2.20. The number of hydrogen-bond acceptors (Lipinski definition) is 2. The smallest absolute Gasteiger partial charge is 0.357 e. The van der Waals surface area contributed by atoms with Crippen molar-refractivity contribution < 1.29 is 9.90 Å². The van der Waals surface area contributed by atoms with Crippen LogP contribution in [0.15, 0.2) is 24.3 Å². The van der Waals surface area contributed by atoms with E-state index in [1.165, 1.54) is 0 Å². The highest BCUT2D eigenvalue weighted by atomic mass is 16.4. The van der Waals surface area contributed by atoms with Gasteiger partial charge in [0.15, 0.2) is 5.69 Å². The molecule has 0 amide bonds. The molecule has 2 rings (SSSR count). The zero-order chi connectivity index (χ0) is 12.4. The van der Waals surface area contributed by atoms with Gasteiger partial charge in [0.25, 0.3) is 0 Å². The molecule has 1 aromatic heterocycles. The summed E-state index contributed by atoms with van der Waals surface area (Å²) in [5.74, 6) is -0.482. The summed E-state index contributed by atoms with van der Waals surface area (Å²) in [5, 5.41) is 14.0. The topological polar surface area (TPSA) is 55.1 Å². The first-order valence-corrected chi connectivity index (χ1v) is 5.82. The summed E-state index contributed by atoms with van der Waals surface area (Å²) in [5.41, 5.74) is 1.04. The summed E-state index contributed by atoms with van der Waals surface area (Å²) in [6.45, 7) is 5.01. The van der Waals surface area contributed by atoms with Gasteiger partial charge in [-0.05, 0) is 12.0 Å². The number of carboxylic acid groups (broad SMARTS) is 1. The molecule has 0 radical (unpaired) electrons. The molecule has 4 heteroatoms. The number of fused-ring (bicyclic) bond motifs is 1. The monoisotopic (exact) mass is 232 g/mol. The number of nitrogens with zero attached hydrogens (tertiary/aromatic N) is 2. The van der Waals surface area contributed by atoms with Crippen LogP contribution < -0.4 is 0 Å². The minimum atomic E-state index is -0.968. The summed E-state index contributed by atoms with van der Waals surface area (Å²) in [6, 6.07) is 7.46. The lowest BCUT2D eigenvalue weighted by Crippen LogP contribution is -2.09. The highest BCUT2D eigenvalue weighted by molar-refractivity contribution is 6.01. The van der Waals surface area contributed by atoms with Gasteiger partial charge in [-0.15, -0.1) is 0 Å². The van der Waals surface area contributed by atoms with E-state index in [9.17, 15) is 4.79 Å². The molecule has 1 aromatic carbocycles. The number of aromatic carboxylic acids is 1. The van der Waals surface area contributed by atoms with Gasteiger partial charge in [0.05, 0.1) is 5.52 Å². The van der Waals surface area contributed by atoms with Crippen LogP contribution in [0.25, 0.3) is 10.9 Å². The normalized spacial score (nSPS) is 12.8. The van der Waals surface area contributed by atoms with E-state index in [4.69, 9.17) is 5.11 Å². The van der Waals surface area contributed by atoms with Gasteiger partial charge in [0.1, 0.15) is 0 Å². The van der Waals surface area contributed by atoms with Crippen molar-refractivity contribution in [3.05, 3.63) is 30.0 Å². The molecule has 1 heterocycles. The van der Waals surface area contributed by atoms with Crippen molar-refractivity contribution in [3.63, 3.8) is 0 Å². The minimum Gasteiger partial charge on any atom is -0.476 e. The lowest BCUT2D eigenvalue weighted by Gasteiger charge is -2.09. The molecule has 0 fully saturated rings. The second-order valence-corrected chi connectivity index (χ2v) is 4.37. The van der Waals surface area contributed by atoms with Gasteiger partial charge in [-0.3, -0.25) is 4.68 Å². The molecule has 0 aliphatic carbocycles. The van der Waals surface area contributed by atoms with Gasteiger partial charge in [-0.25, -0.2) is 4.79 Å². The fraction of sp³-hybridized carbons (Fsp3) is 0.385. The lowest BCUT2D eigenvalue weighted by molar-refractivity contribution is 0.0691. The van der Waals surface area contributed by atoms with E-state index in [0.29, 0.717) is 11.3 Å². The fourth-order valence-corrected chi connectivity index (χ4v) is 1.85. The Bertz CT molecular complexity index is 545. The maximum atomic E-state index is 11.1. The Hall–Kier alpha value is -1.84. The summed E-state index contributed by atoms with van der Waals surface area (Å²) in [6.07, 6.45) is 1.05. The number of aromatic nitrogens is 2. The van der Waals surface area contributed by atoms with Crippen molar-refractivity contribution >= 4 is 16.9 Å². The summed E-state index contributed by atoms with van der Waals surface area (Å²) >= 11 is 0. The van der Waals surface area contributed by atoms with Gasteiger partial charge >= 0.3 is 5.97 Å². The van der Waals surface area contributed by atoms with Gasteiger partial charge in [0.2, 0.25) is 0 Å². The Morgan fingerprint density at radius 3 is 2.82 bits per heavy atom. The SMILES string of the molecule is CCC(C)Cn1nc(C(=O)O)c2ccccc21. The lowest BCUT2D eigenvalue weighted by atomic mass is 10.1. The standard InChI is InChI=1S/C13H16N2O2/c1-3-9(2)8-15-11-7-5-4-6-10(11)12(14-15)13(16)17/h4-7,9H,3,8H2,1-2H3,(H,16,17). The van der Waals surface area contributed by atoms with Crippen molar-refractivity contribution in [2.45, 2.75) is 26.8 Å². The molecule has 90 valence electrons. The molecule has 0 aliphatic rings. The molecule has 0 aliphatic heterocycles. The van der Waals surface area contributed by atoms with Crippen LogP contribution >= 0.6 is 0 Å². The molecule has 17 heavy (non-hydrogen) atoms. The van der Waals surface area contributed by atoms with Crippen molar-refractivity contribution in [2.24, 2.45) is 5.92 Å². The maximum Gasteiger partial charge on any atom is 0.357 e. The number of benzene rings is 1. The van der Waals surface area contributed by atoms with Crippen LogP contribution in [0.2, 0.25) is 0 Å². The van der Waals surface area contributed by atoms with Crippen LogP contribution in [0.5, 0.6) is 0 Å². The van der Waals surface area contributed by atoms with Crippen LogP contribution in [0, 0.1) is 5.92 Å². The molecule has 0 bridgehead atoms. The summed E-state index contributed by atoms with van der Waals surface area (Å²) in [7, 11) is 0. The Kier molecular flexibility index (Phi) is 3.13. The van der Waals surface area contributed by atoms with E-state index in [0.717, 1.165) is 18.5 Å². The molecular formula is C13H16N2O2. The third-order valence-electron chi connectivity index (χ3n) is 3.04. The van der Waals surface area contributed by atoms with Crippen molar-refractivity contribution in [1.82, 2.24) is 9.78 Å². The van der Waals surface area contributed by atoms with E-state index in [1.54, 1.807) is 10.7 Å². The Labute approximate surface area is 99.9 Å². The van der Waals surface area contributed by atoms with E-state index in [2.05, 4.69) is 18.9 Å². The third-order valence-corrected chi connectivity index (χ3v) is 3.04. The minimum absolute atomic E-state index is 0.143. The first-order valence-electron chi connectivity index (χ1n) is 5.82. The first kappa shape index (κ1) is 11.6. The Morgan fingerprint density at radius 2 is 2.18 bits per heavy atom. The Morgan fingerprint density at radius 1 is 1.47 bits per heavy atom. The number of carbonyl (C=O) groups is 1. The van der Waals surface area contributed by atoms with Gasteiger partial charge in [-0.2, -0.15) is 5.10 Å². The average Bonchev–Trinajstić information content (AvgIpc) is 2.68. The molecule has 1 atom stereocenters. The summed E-state index contributed by atoms with van der Waals surface area (Å²) < 4.78 is 1.80. The maximum absolute atomic E-state index is 11.1. The molecule has 0 saturated heterocycles. The zero-order valence-corrected chi connectivity index (χ0v) is 10.1. The predicted molar refractivity (Wildman–Crippen MR) is 66.1 cm³/mol. The van der Waals surface area contributed by atoms with Gasteiger partial charge in [0, 0.05) is 11.9 Å². The van der Waals surface area contributed by atoms with E-state index < -0.39 is 5.97 Å². The van der Waals surface area contributed by atoms with Crippen LogP contribution in [0.3, 0.4) is 0 Å². The molecule has 1 unspecified atom stereocenters. The average molecular weight is 232 g/mol. The van der Waals surface area contributed by atoms with E-state index in [1.807, 2.05) is 18.2 Å². The second kappa shape index (κ2) is 4.57. The molecule has 0 saturated carbocycles. The number of rotatable bonds is 4. The van der Waals surface area contributed by atoms with Crippen LogP contribution in [-0.2, 0) is 6.54 Å². The Balaban J connectivity index is 2.52. The van der Waals surface area contributed by atoms with Crippen LogP contribution in [0.1, 0.15) is 30.8 Å². The number of para-hydroxylation sites is 1. The van der Waals surface area contributed by atoms with Crippen molar-refractivity contribution in [3.8, 4) is 0 Å². The van der Waals surface area contributed by atoms with Crippen LogP contribution in [-0.4, -0.2) is 20.9 Å². The summed E-state index contributed by atoms with van der Waals surface area (Å²) in [4.78, 5) is 11.1. The largest absolute Gasteiger partial charge is 0.476 e. The first-order chi connectivity index (χ1) is 8.13. The number of carboxylic acids is 1. The number of hydrogen-bond donors (Lipinski definition) is 1. The van der Waals surface area contributed by atoms with Gasteiger partial charge < -0.3 is 5.11 Å². The molecule has 2 aromatic rings. The predicted octanol–water partition coefficient (Wildman–Crippen LogP) is 2.78. The quantitative estimate of drug-likeness (QED) is 0.881. The zero-order valence-electron chi connectivity index (χ0n) is 10.1. The van der Waals surface area contributed by atoms with E-state index in [-0.39, 0.29) is 5.69 Å². The molecule has 4 nitrogen and oxygen atoms in total. The molecular weight excluding hydrogens is 216 g/mol. The van der Waals surface area contributed by atoms with Crippen molar-refractivity contribution in [2.75, 3.05) is 0 Å². The fourth-order valence-electron chi connectivity index (χ4n) is 1.85. The van der Waals surface area contributed by atoms with Crippen LogP contribution in [0.4, 0.5) is 0 Å². The molecule has 1 N–H and O–H groups in total.